The van der Waals surface area contributed by atoms with Crippen molar-refractivity contribution in [1.82, 2.24) is 5.32 Å². The minimum absolute atomic E-state index is 0.0194. The van der Waals surface area contributed by atoms with Gasteiger partial charge in [0.25, 0.3) is 5.92 Å². The summed E-state index contributed by atoms with van der Waals surface area (Å²) < 4.78 is 25.7. The Morgan fingerprint density at radius 1 is 1.33 bits per heavy atom. The Hall–Kier alpha value is -1.45. The lowest BCUT2D eigenvalue weighted by atomic mass is 10.1. The van der Waals surface area contributed by atoms with Crippen molar-refractivity contribution in [2.45, 2.75) is 26.3 Å². The van der Waals surface area contributed by atoms with Gasteiger partial charge in [0.2, 0.25) is 5.91 Å². The van der Waals surface area contributed by atoms with Gasteiger partial charge in [0.15, 0.2) is 0 Å². The van der Waals surface area contributed by atoms with E-state index in [1.165, 1.54) is 19.1 Å². The Kier molecular flexibility index (Phi) is 3.39. The van der Waals surface area contributed by atoms with Crippen molar-refractivity contribution in [3.8, 4) is 0 Å². The van der Waals surface area contributed by atoms with Crippen molar-refractivity contribution in [3.05, 3.63) is 35.4 Å². The highest BCUT2D eigenvalue weighted by atomic mass is 19.3. The van der Waals surface area contributed by atoms with Crippen LogP contribution in [0.4, 0.5) is 8.78 Å². The van der Waals surface area contributed by atoms with Crippen LogP contribution in [0.3, 0.4) is 0 Å². The van der Waals surface area contributed by atoms with Crippen LogP contribution in [-0.4, -0.2) is 5.91 Å². The van der Waals surface area contributed by atoms with E-state index in [1.54, 1.807) is 12.1 Å². The molecule has 82 valence electrons. The topological polar surface area (TPSA) is 29.1 Å². The fourth-order valence-electron chi connectivity index (χ4n) is 1.14. The monoisotopic (exact) mass is 213 g/mol. The molecular formula is C11H13F2NO. The molecule has 0 aliphatic rings. The number of benzene rings is 1. The van der Waals surface area contributed by atoms with E-state index < -0.39 is 5.92 Å². The van der Waals surface area contributed by atoms with Crippen LogP contribution in [0.2, 0.25) is 0 Å². The second-order valence-corrected chi connectivity index (χ2v) is 3.50. The van der Waals surface area contributed by atoms with Gasteiger partial charge >= 0.3 is 0 Å². The molecule has 0 aliphatic carbocycles. The fourth-order valence-corrected chi connectivity index (χ4v) is 1.14. The Labute approximate surface area is 87.3 Å². The summed E-state index contributed by atoms with van der Waals surface area (Å²) >= 11 is 0. The first kappa shape index (κ1) is 11.6. The minimum Gasteiger partial charge on any atom is -0.352 e. The predicted octanol–water partition coefficient (Wildman–Crippen LogP) is 2.43. The molecule has 0 radical (unpaired) electrons. The quantitative estimate of drug-likeness (QED) is 0.820. The molecule has 0 heterocycles. The first-order chi connectivity index (χ1) is 6.89. The second kappa shape index (κ2) is 4.38. The zero-order valence-electron chi connectivity index (χ0n) is 8.68. The number of hydrogen-bond donors (Lipinski definition) is 1. The van der Waals surface area contributed by atoms with Crippen LogP contribution >= 0.6 is 0 Å². The number of rotatable bonds is 3. The van der Waals surface area contributed by atoms with Crippen LogP contribution in [0.1, 0.15) is 25.0 Å². The molecule has 0 saturated carbocycles. The molecule has 0 fully saturated rings. The molecule has 0 atom stereocenters. The number of nitrogens with one attached hydrogen (secondary N) is 1. The van der Waals surface area contributed by atoms with Crippen molar-refractivity contribution < 1.29 is 13.6 Å². The van der Waals surface area contributed by atoms with E-state index >= 15 is 0 Å². The molecule has 1 N–H and O–H groups in total. The van der Waals surface area contributed by atoms with Gasteiger partial charge in [0, 0.05) is 26.0 Å². The summed E-state index contributed by atoms with van der Waals surface area (Å²) in [5, 5.41) is 2.59. The predicted molar refractivity (Wildman–Crippen MR) is 53.5 cm³/mol. The molecule has 0 bridgehead atoms. The molecule has 15 heavy (non-hydrogen) atoms. The molecule has 0 unspecified atom stereocenters. The number of amides is 1. The Morgan fingerprint density at radius 3 is 2.27 bits per heavy atom. The highest BCUT2D eigenvalue weighted by Crippen LogP contribution is 2.26. The SMILES string of the molecule is CC(=O)NCc1ccc(C(C)(F)F)cc1. The number of hydrogen-bond acceptors (Lipinski definition) is 1. The summed E-state index contributed by atoms with van der Waals surface area (Å²) in [5.74, 6) is -2.95. The maximum absolute atomic E-state index is 12.8. The molecule has 2 nitrogen and oxygen atoms in total. The number of alkyl halides is 2. The van der Waals surface area contributed by atoms with E-state index in [1.807, 2.05) is 0 Å². The van der Waals surface area contributed by atoms with Crippen molar-refractivity contribution in [2.75, 3.05) is 0 Å². The number of carbonyl (C=O) groups is 1. The smallest absolute Gasteiger partial charge is 0.270 e. The van der Waals surface area contributed by atoms with E-state index in [0.717, 1.165) is 12.5 Å². The van der Waals surface area contributed by atoms with Crippen LogP contribution in [-0.2, 0) is 17.3 Å². The lowest BCUT2D eigenvalue weighted by molar-refractivity contribution is -0.119. The van der Waals surface area contributed by atoms with Crippen LogP contribution in [0.15, 0.2) is 24.3 Å². The zero-order valence-corrected chi connectivity index (χ0v) is 8.68. The summed E-state index contributed by atoms with van der Waals surface area (Å²) in [5.41, 5.74) is 0.785. The summed E-state index contributed by atoms with van der Waals surface area (Å²) in [4.78, 5) is 10.6. The van der Waals surface area contributed by atoms with Crippen molar-refractivity contribution in [3.63, 3.8) is 0 Å². The highest BCUT2D eigenvalue weighted by Gasteiger charge is 2.23. The van der Waals surface area contributed by atoms with E-state index in [0.29, 0.717) is 6.54 Å². The maximum Gasteiger partial charge on any atom is 0.270 e. The molecular weight excluding hydrogens is 200 g/mol. The lowest BCUT2D eigenvalue weighted by Crippen LogP contribution is -2.19. The summed E-state index contributed by atoms with van der Waals surface area (Å²) in [6.07, 6.45) is 0. The lowest BCUT2D eigenvalue weighted by Gasteiger charge is -2.11. The van der Waals surface area contributed by atoms with Crippen LogP contribution in [0.5, 0.6) is 0 Å². The van der Waals surface area contributed by atoms with Crippen LogP contribution in [0, 0.1) is 0 Å². The maximum atomic E-state index is 12.8. The number of carbonyl (C=O) groups excluding carboxylic acids is 1. The summed E-state index contributed by atoms with van der Waals surface area (Å²) in [6, 6.07) is 5.92. The third-order valence-corrected chi connectivity index (χ3v) is 2.00. The van der Waals surface area contributed by atoms with E-state index in [4.69, 9.17) is 0 Å². The Bertz CT molecular complexity index is 341. The van der Waals surface area contributed by atoms with Gasteiger partial charge in [-0.1, -0.05) is 24.3 Å². The first-order valence-electron chi connectivity index (χ1n) is 4.61. The normalized spacial score (nSPS) is 11.2. The molecule has 0 saturated heterocycles. The Balaban J connectivity index is 2.69. The van der Waals surface area contributed by atoms with Crippen LogP contribution in [0.25, 0.3) is 0 Å². The van der Waals surface area contributed by atoms with Gasteiger partial charge < -0.3 is 5.32 Å². The Morgan fingerprint density at radius 2 is 1.87 bits per heavy atom. The van der Waals surface area contributed by atoms with Crippen molar-refractivity contribution >= 4 is 5.91 Å². The van der Waals surface area contributed by atoms with Gasteiger partial charge in [-0.25, -0.2) is 8.78 Å². The summed E-state index contributed by atoms with van der Waals surface area (Å²) in [7, 11) is 0. The van der Waals surface area contributed by atoms with E-state index in [2.05, 4.69) is 5.32 Å². The molecule has 0 aliphatic heterocycles. The van der Waals surface area contributed by atoms with Gasteiger partial charge in [-0.15, -0.1) is 0 Å². The molecule has 1 rings (SSSR count). The number of halogens is 2. The second-order valence-electron chi connectivity index (χ2n) is 3.50. The van der Waals surface area contributed by atoms with Gasteiger partial charge in [-0.05, 0) is 5.56 Å². The van der Waals surface area contributed by atoms with E-state index in [9.17, 15) is 13.6 Å². The highest BCUT2D eigenvalue weighted by molar-refractivity contribution is 5.72. The van der Waals surface area contributed by atoms with Crippen molar-refractivity contribution in [2.24, 2.45) is 0 Å². The average Bonchev–Trinajstić information content (AvgIpc) is 2.14. The first-order valence-corrected chi connectivity index (χ1v) is 4.61. The zero-order chi connectivity index (χ0) is 11.5. The van der Waals surface area contributed by atoms with Gasteiger partial charge in [-0.3, -0.25) is 4.79 Å². The molecule has 0 aromatic heterocycles. The third kappa shape index (κ3) is 3.65. The van der Waals surface area contributed by atoms with E-state index in [-0.39, 0.29) is 11.5 Å². The molecule has 1 aromatic rings. The average molecular weight is 213 g/mol. The molecule has 1 amide bonds. The standard InChI is InChI=1S/C11H13F2NO/c1-8(15)14-7-9-3-5-10(6-4-9)11(2,12)13/h3-6H,7H2,1-2H3,(H,14,15). The molecule has 0 spiro atoms. The van der Waals surface area contributed by atoms with Crippen LogP contribution < -0.4 is 5.32 Å². The van der Waals surface area contributed by atoms with Gasteiger partial charge in [0.05, 0.1) is 0 Å². The molecule has 1 aromatic carbocycles. The van der Waals surface area contributed by atoms with Crippen molar-refractivity contribution in [1.29, 1.82) is 0 Å². The summed E-state index contributed by atoms with van der Waals surface area (Å²) in [6.45, 7) is 2.63. The van der Waals surface area contributed by atoms with Gasteiger partial charge in [-0.2, -0.15) is 0 Å². The minimum atomic E-state index is -2.81. The van der Waals surface area contributed by atoms with Gasteiger partial charge in [0.1, 0.15) is 0 Å². The molecule has 4 heteroatoms. The largest absolute Gasteiger partial charge is 0.352 e. The fraction of sp³-hybridized carbons (Fsp3) is 0.364. The third-order valence-electron chi connectivity index (χ3n) is 2.00.